The van der Waals surface area contributed by atoms with Gasteiger partial charge in [-0.3, -0.25) is 4.79 Å². The molecule has 0 fully saturated rings. The molecule has 0 unspecified atom stereocenters. The number of ether oxygens (including phenoxy) is 1. The van der Waals surface area contributed by atoms with Gasteiger partial charge in [0, 0.05) is 9.92 Å². The number of rotatable bonds is 6. The Morgan fingerprint density at radius 2 is 2.05 bits per heavy atom. The van der Waals surface area contributed by atoms with Crippen molar-refractivity contribution in [2.45, 2.75) is 24.3 Å². The largest absolute Gasteiger partial charge is 0.481 e. The third kappa shape index (κ3) is 4.42. The highest BCUT2D eigenvalue weighted by Gasteiger charge is 2.19. The molecule has 0 aliphatic carbocycles. The summed E-state index contributed by atoms with van der Waals surface area (Å²) >= 11 is 7.53. The minimum absolute atomic E-state index is 0.163. The van der Waals surface area contributed by atoms with E-state index in [0.29, 0.717) is 17.2 Å². The van der Waals surface area contributed by atoms with Gasteiger partial charge < -0.3 is 10.1 Å². The van der Waals surface area contributed by atoms with Crippen LogP contribution in [0.1, 0.15) is 13.3 Å². The van der Waals surface area contributed by atoms with Crippen LogP contribution in [0.15, 0.2) is 53.4 Å². The van der Waals surface area contributed by atoms with Crippen LogP contribution in [0.4, 0.5) is 5.69 Å². The fourth-order valence-corrected chi connectivity index (χ4v) is 2.72. The number of carbonyl (C=O) groups excluding carboxylic acids is 1. The third-order valence-electron chi connectivity index (χ3n) is 3.10. The number of halogens is 1. The summed E-state index contributed by atoms with van der Waals surface area (Å²) < 4.78 is 5.75. The number of carbonyl (C=O) groups is 1. The Morgan fingerprint density at radius 1 is 1.27 bits per heavy atom. The molecule has 0 spiro atoms. The van der Waals surface area contributed by atoms with E-state index in [9.17, 15) is 4.79 Å². The van der Waals surface area contributed by atoms with Gasteiger partial charge in [-0.25, -0.2) is 0 Å². The lowest BCUT2D eigenvalue weighted by Gasteiger charge is -2.18. The zero-order valence-corrected chi connectivity index (χ0v) is 14.1. The summed E-state index contributed by atoms with van der Waals surface area (Å²) in [4.78, 5) is 13.4. The normalized spacial score (nSPS) is 11.8. The first-order chi connectivity index (χ1) is 10.6. The summed E-state index contributed by atoms with van der Waals surface area (Å²) in [5.41, 5.74) is 0.799. The van der Waals surface area contributed by atoms with E-state index in [4.69, 9.17) is 16.3 Å². The van der Waals surface area contributed by atoms with Crippen molar-refractivity contribution >= 4 is 35.0 Å². The van der Waals surface area contributed by atoms with E-state index in [1.807, 2.05) is 37.4 Å². The van der Waals surface area contributed by atoms with E-state index < -0.39 is 6.10 Å². The summed E-state index contributed by atoms with van der Waals surface area (Å²) in [5.74, 6) is 0.427. The van der Waals surface area contributed by atoms with Crippen molar-refractivity contribution in [2.24, 2.45) is 0 Å². The molecular formula is C17H18ClNO2S. The summed E-state index contributed by atoms with van der Waals surface area (Å²) in [6.45, 7) is 1.91. The molecule has 1 atom stereocenters. The van der Waals surface area contributed by atoms with Gasteiger partial charge in [-0.05, 0) is 43.0 Å². The topological polar surface area (TPSA) is 38.3 Å². The quantitative estimate of drug-likeness (QED) is 0.766. The Kier molecular flexibility index (Phi) is 6.16. The number of para-hydroxylation sites is 1. The molecule has 2 aromatic rings. The molecular weight excluding hydrogens is 318 g/mol. The van der Waals surface area contributed by atoms with E-state index in [0.717, 1.165) is 10.6 Å². The molecule has 0 aliphatic rings. The molecule has 3 nitrogen and oxygen atoms in total. The number of thioether (sulfide) groups is 1. The van der Waals surface area contributed by atoms with Crippen LogP contribution in [0.5, 0.6) is 5.75 Å². The van der Waals surface area contributed by atoms with E-state index in [2.05, 4.69) is 5.32 Å². The lowest BCUT2D eigenvalue weighted by Crippen LogP contribution is -2.32. The van der Waals surface area contributed by atoms with Crippen molar-refractivity contribution in [3.8, 4) is 5.75 Å². The zero-order valence-electron chi connectivity index (χ0n) is 12.5. The molecule has 5 heteroatoms. The molecule has 2 rings (SSSR count). The van der Waals surface area contributed by atoms with E-state index in [-0.39, 0.29) is 5.91 Å². The smallest absolute Gasteiger partial charge is 0.265 e. The molecule has 22 heavy (non-hydrogen) atoms. The molecule has 0 radical (unpaired) electrons. The highest BCUT2D eigenvalue weighted by atomic mass is 35.5. The lowest BCUT2D eigenvalue weighted by molar-refractivity contribution is -0.122. The van der Waals surface area contributed by atoms with Crippen molar-refractivity contribution in [3.63, 3.8) is 0 Å². The maximum absolute atomic E-state index is 12.4. The Bertz CT molecular complexity index is 648. The van der Waals surface area contributed by atoms with Crippen molar-refractivity contribution in [3.05, 3.63) is 53.6 Å². The van der Waals surface area contributed by atoms with E-state index >= 15 is 0 Å². The van der Waals surface area contributed by atoms with Gasteiger partial charge in [0.05, 0.1) is 5.69 Å². The van der Waals surface area contributed by atoms with Crippen molar-refractivity contribution in [1.29, 1.82) is 0 Å². The maximum atomic E-state index is 12.4. The zero-order chi connectivity index (χ0) is 15.9. The van der Waals surface area contributed by atoms with Gasteiger partial charge in [0.25, 0.3) is 5.91 Å². The summed E-state index contributed by atoms with van der Waals surface area (Å²) in [7, 11) is 0. The standard InChI is InChI=1S/C17H18ClNO2S/c1-3-15(21-13-8-6-7-12(18)11-13)17(20)19-14-9-4-5-10-16(14)22-2/h4-11,15H,3H2,1-2H3,(H,19,20)/t15-/m1/s1. The van der Waals surface area contributed by atoms with Crippen molar-refractivity contribution in [2.75, 3.05) is 11.6 Å². The molecule has 0 aromatic heterocycles. The molecule has 0 saturated heterocycles. The Labute approximate surface area is 140 Å². The molecule has 0 saturated carbocycles. The first-order valence-corrected chi connectivity index (χ1v) is 8.60. The van der Waals surface area contributed by atoms with Crippen LogP contribution >= 0.6 is 23.4 Å². The van der Waals surface area contributed by atoms with Crippen LogP contribution in [0.2, 0.25) is 5.02 Å². The Hall–Kier alpha value is -1.65. The number of hydrogen-bond acceptors (Lipinski definition) is 3. The summed E-state index contributed by atoms with van der Waals surface area (Å²) in [5, 5.41) is 3.51. The second-order valence-electron chi connectivity index (χ2n) is 4.66. The molecule has 2 aromatic carbocycles. The molecule has 116 valence electrons. The number of amides is 1. The SMILES string of the molecule is CC[C@@H](Oc1cccc(Cl)c1)C(=O)Nc1ccccc1SC. The van der Waals surface area contributed by atoms with Gasteiger partial charge >= 0.3 is 0 Å². The Morgan fingerprint density at radius 3 is 2.73 bits per heavy atom. The van der Waals surface area contributed by atoms with E-state index in [1.165, 1.54) is 0 Å². The van der Waals surface area contributed by atoms with Crippen molar-refractivity contribution < 1.29 is 9.53 Å². The van der Waals surface area contributed by atoms with Gasteiger partial charge in [0.1, 0.15) is 5.75 Å². The van der Waals surface area contributed by atoms with Crippen LogP contribution in [-0.4, -0.2) is 18.3 Å². The van der Waals surface area contributed by atoms with Gasteiger partial charge in [-0.2, -0.15) is 0 Å². The summed E-state index contributed by atoms with van der Waals surface area (Å²) in [6.07, 6.45) is 1.98. The molecule has 1 amide bonds. The monoisotopic (exact) mass is 335 g/mol. The van der Waals surface area contributed by atoms with Crippen LogP contribution < -0.4 is 10.1 Å². The predicted octanol–water partition coefficient (Wildman–Crippen LogP) is 4.86. The number of benzene rings is 2. The third-order valence-corrected chi connectivity index (χ3v) is 4.13. The first kappa shape index (κ1) is 16.7. The minimum Gasteiger partial charge on any atom is -0.481 e. The summed E-state index contributed by atoms with van der Waals surface area (Å²) in [6, 6.07) is 14.8. The highest BCUT2D eigenvalue weighted by molar-refractivity contribution is 7.98. The molecule has 0 heterocycles. The number of hydrogen-bond donors (Lipinski definition) is 1. The van der Waals surface area contributed by atoms with Gasteiger partial charge in [0.15, 0.2) is 6.10 Å². The first-order valence-electron chi connectivity index (χ1n) is 7.00. The average molecular weight is 336 g/mol. The highest BCUT2D eigenvalue weighted by Crippen LogP contribution is 2.25. The number of nitrogens with one attached hydrogen (secondary N) is 1. The van der Waals surface area contributed by atoms with Crippen LogP contribution in [0.3, 0.4) is 0 Å². The van der Waals surface area contributed by atoms with Crippen molar-refractivity contribution in [1.82, 2.24) is 0 Å². The van der Waals surface area contributed by atoms with Crippen LogP contribution in [0.25, 0.3) is 0 Å². The average Bonchev–Trinajstić information content (AvgIpc) is 2.53. The Balaban J connectivity index is 2.09. The molecule has 0 bridgehead atoms. The second-order valence-corrected chi connectivity index (χ2v) is 5.95. The van der Waals surface area contributed by atoms with Gasteiger partial charge in [0.2, 0.25) is 0 Å². The van der Waals surface area contributed by atoms with Gasteiger partial charge in [-0.1, -0.05) is 36.7 Å². The fraction of sp³-hybridized carbons (Fsp3) is 0.235. The maximum Gasteiger partial charge on any atom is 0.265 e. The molecule has 1 N–H and O–H groups in total. The minimum atomic E-state index is -0.562. The van der Waals surface area contributed by atoms with Gasteiger partial charge in [-0.15, -0.1) is 11.8 Å². The van der Waals surface area contributed by atoms with Crippen LogP contribution in [-0.2, 0) is 4.79 Å². The lowest BCUT2D eigenvalue weighted by atomic mass is 10.2. The van der Waals surface area contributed by atoms with Crippen LogP contribution in [0, 0.1) is 0 Å². The fourth-order valence-electron chi connectivity index (χ4n) is 1.99. The van der Waals surface area contributed by atoms with E-state index in [1.54, 1.807) is 36.0 Å². The molecule has 0 aliphatic heterocycles. The predicted molar refractivity (Wildman–Crippen MR) is 93.0 cm³/mol. The second kappa shape index (κ2) is 8.11. The number of anilines is 1.